The zero-order chi connectivity index (χ0) is 15.5. The second kappa shape index (κ2) is 6.64. The molecule has 1 N–H and O–H groups in total. The Morgan fingerprint density at radius 1 is 1.67 bits per heavy atom. The summed E-state index contributed by atoms with van der Waals surface area (Å²) < 4.78 is 26.3. The van der Waals surface area contributed by atoms with Crippen LogP contribution in [0.1, 0.15) is 32.1 Å². The molecule has 21 heavy (non-hydrogen) atoms. The molecule has 0 saturated carbocycles. The molecule has 1 saturated heterocycles. The zero-order valence-corrected chi connectivity index (χ0v) is 13.0. The zero-order valence-electron chi connectivity index (χ0n) is 12.2. The minimum absolute atomic E-state index is 0.0486. The van der Waals surface area contributed by atoms with Crippen LogP contribution in [-0.4, -0.2) is 44.6 Å². The van der Waals surface area contributed by atoms with Crippen molar-refractivity contribution >= 4 is 17.8 Å². The summed E-state index contributed by atoms with van der Waals surface area (Å²) in [7, 11) is 1.57. The number of halogens is 2. The van der Waals surface area contributed by atoms with E-state index in [1.165, 1.54) is 23.7 Å². The van der Waals surface area contributed by atoms with Gasteiger partial charge in [0.2, 0.25) is 0 Å². The number of nitrogens with zero attached hydrogens (tertiary/aromatic N) is 3. The number of hydrogen-bond donors (Lipinski definition) is 1. The number of alkyl halides is 2. The van der Waals surface area contributed by atoms with Gasteiger partial charge >= 0.3 is 12.6 Å². The molecular formula is C13H20F2N4OS. The number of nitrogens with one attached hydrogen (secondary N) is 1. The molecule has 8 heteroatoms. The van der Waals surface area contributed by atoms with Gasteiger partial charge in [-0.15, -0.1) is 0 Å². The Morgan fingerprint density at radius 2 is 2.43 bits per heavy atom. The van der Waals surface area contributed by atoms with E-state index in [0.29, 0.717) is 6.54 Å². The predicted octanol–water partition coefficient (Wildman–Crippen LogP) is 2.71. The van der Waals surface area contributed by atoms with E-state index in [2.05, 4.69) is 17.2 Å². The Labute approximate surface area is 127 Å². The van der Waals surface area contributed by atoms with Gasteiger partial charge in [0.25, 0.3) is 0 Å². The van der Waals surface area contributed by atoms with Gasteiger partial charge in [0.1, 0.15) is 5.82 Å². The van der Waals surface area contributed by atoms with Crippen LogP contribution < -0.4 is 5.32 Å². The number of rotatable bonds is 5. The lowest BCUT2D eigenvalue weighted by Gasteiger charge is -2.25. The highest BCUT2D eigenvalue weighted by molar-refractivity contribution is 8.00. The molecule has 0 bridgehead atoms. The van der Waals surface area contributed by atoms with Gasteiger partial charge in [0.15, 0.2) is 0 Å². The van der Waals surface area contributed by atoms with Gasteiger partial charge in [-0.05, 0) is 25.5 Å². The highest BCUT2D eigenvalue weighted by atomic mass is 32.2. The van der Waals surface area contributed by atoms with Gasteiger partial charge in [-0.3, -0.25) is 4.57 Å². The fraction of sp³-hybridized carbons (Fsp3) is 0.692. The van der Waals surface area contributed by atoms with Gasteiger partial charge in [-0.1, -0.05) is 0 Å². The van der Waals surface area contributed by atoms with E-state index in [9.17, 15) is 13.6 Å². The van der Waals surface area contributed by atoms with Gasteiger partial charge in [0, 0.05) is 30.7 Å². The molecule has 0 radical (unpaired) electrons. The summed E-state index contributed by atoms with van der Waals surface area (Å²) in [5.41, 5.74) is 0. The number of amides is 2. The molecule has 2 rings (SSSR count). The highest BCUT2D eigenvalue weighted by Crippen LogP contribution is 2.36. The summed E-state index contributed by atoms with van der Waals surface area (Å²) in [6, 6.07) is -0.271. The van der Waals surface area contributed by atoms with Crippen LogP contribution in [-0.2, 0) is 6.54 Å². The maximum Gasteiger partial charge on any atom is 0.319 e. The molecule has 0 aliphatic carbocycles. The van der Waals surface area contributed by atoms with Crippen molar-refractivity contribution in [1.82, 2.24) is 19.8 Å². The van der Waals surface area contributed by atoms with Crippen molar-refractivity contribution in [3.05, 3.63) is 18.2 Å². The Morgan fingerprint density at radius 3 is 3.05 bits per heavy atom. The minimum atomic E-state index is -2.65. The normalized spacial score (nSPS) is 21.8. The molecule has 0 aromatic carbocycles. The standard InChI is InChI=1S/C13H20F2N4OS/c1-13(4-3-7-21-13)9-17-12(20)18(2)8-10-16-5-6-19(10)11(14)15/h5-6,11H,3-4,7-9H2,1-2H3,(H,17,20)/t13-/m0/s1. The molecule has 5 nitrogen and oxygen atoms in total. The Bertz CT molecular complexity index is 488. The molecule has 118 valence electrons. The summed E-state index contributed by atoms with van der Waals surface area (Å²) in [6.45, 7) is 0.124. The highest BCUT2D eigenvalue weighted by Gasteiger charge is 2.30. The molecule has 1 atom stereocenters. The average molecular weight is 318 g/mol. The number of aromatic nitrogens is 2. The van der Waals surface area contributed by atoms with Crippen molar-refractivity contribution in [1.29, 1.82) is 0 Å². The first-order valence-corrected chi connectivity index (χ1v) is 7.83. The number of urea groups is 1. The third-order valence-electron chi connectivity index (χ3n) is 3.60. The fourth-order valence-electron chi connectivity index (χ4n) is 2.30. The quantitative estimate of drug-likeness (QED) is 0.908. The van der Waals surface area contributed by atoms with Gasteiger partial charge in [0.05, 0.1) is 6.54 Å². The molecule has 2 amide bonds. The lowest BCUT2D eigenvalue weighted by molar-refractivity contribution is 0.0651. The van der Waals surface area contributed by atoms with Crippen molar-refractivity contribution in [2.24, 2.45) is 0 Å². The maximum absolute atomic E-state index is 12.7. The fourth-order valence-corrected chi connectivity index (χ4v) is 3.55. The lowest BCUT2D eigenvalue weighted by atomic mass is 10.1. The largest absolute Gasteiger partial charge is 0.337 e. The van der Waals surface area contributed by atoms with Crippen molar-refractivity contribution in [3.63, 3.8) is 0 Å². The summed E-state index contributed by atoms with van der Waals surface area (Å²) in [4.78, 5) is 17.3. The first-order chi connectivity index (χ1) is 9.91. The lowest BCUT2D eigenvalue weighted by Crippen LogP contribution is -2.43. The Kier molecular flexibility index (Phi) is 5.08. The minimum Gasteiger partial charge on any atom is -0.337 e. The van der Waals surface area contributed by atoms with E-state index in [4.69, 9.17) is 0 Å². The van der Waals surface area contributed by atoms with Crippen LogP contribution in [0.3, 0.4) is 0 Å². The van der Waals surface area contributed by atoms with Crippen molar-refractivity contribution < 1.29 is 13.6 Å². The molecule has 1 aromatic heterocycles. The van der Waals surface area contributed by atoms with Crippen molar-refractivity contribution in [2.75, 3.05) is 19.3 Å². The summed E-state index contributed by atoms with van der Waals surface area (Å²) >= 11 is 1.86. The van der Waals surface area contributed by atoms with E-state index < -0.39 is 6.55 Å². The molecule has 1 aliphatic heterocycles. The number of imidazole rings is 1. The average Bonchev–Trinajstić information content (AvgIpc) is 3.05. The van der Waals surface area contributed by atoms with Gasteiger partial charge in [-0.2, -0.15) is 20.5 Å². The first kappa shape index (κ1) is 16.1. The monoisotopic (exact) mass is 318 g/mol. The number of hydrogen-bond acceptors (Lipinski definition) is 3. The second-order valence-electron chi connectivity index (χ2n) is 5.45. The molecule has 2 heterocycles. The van der Waals surface area contributed by atoms with Crippen LogP contribution in [0.5, 0.6) is 0 Å². The van der Waals surface area contributed by atoms with Crippen LogP contribution in [0.4, 0.5) is 13.6 Å². The molecule has 0 spiro atoms. The van der Waals surface area contributed by atoms with Gasteiger partial charge < -0.3 is 10.2 Å². The Balaban J connectivity index is 1.86. The summed E-state index contributed by atoms with van der Waals surface area (Å²) in [5.74, 6) is 1.29. The van der Waals surface area contributed by atoms with Crippen LogP contribution in [0.15, 0.2) is 12.4 Å². The van der Waals surface area contributed by atoms with E-state index >= 15 is 0 Å². The SMILES string of the molecule is CN(Cc1nccn1C(F)F)C(=O)NC[C@]1(C)CCCS1. The van der Waals surface area contributed by atoms with E-state index in [0.717, 1.165) is 16.7 Å². The molecule has 1 aliphatic rings. The van der Waals surface area contributed by atoms with Crippen LogP contribution in [0.2, 0.25) is 0 Å². The number of carbonyl (C=O) groups excluding carboxylic acids is 1. The number of carbonyl (C=O) groups is 1. The Hall–Kier alpha value is -1.31. The molecule has 1 aromatic rings. The third-order valence-corrected chi connectivity index (χ3v) is 5.14. The van der Waals surface area contributed by atoms with Crippen LogP contribution >= 0.6 is 11.8 Å². The molecule has 0 unspecified atom stereocenters. The molecule has 1 fully saturated rings. The van der Waals surface area contributed by atoms with Gasteiger partial charge in [-0.25, -0.2) is 9.78 Å². The summed E-state index contributed by atoms with van der Waals surface area (Å²) in [6.07, 6.45) is 4.77. The van der Waals surface area contributed by atoms with E-state index in [1.54, 1.807) is 7.05 Å². The summed E-state index contributed by atoms with van der Waals surface area (Å²) in [5, 5.41) is 2.87. The van der Waals surface area contributed by atoms with E-state index in [-0.39, 0.29) is 23.1 Å². The van der Waals surface area contributed by atoms with Crippen LogP contribution in [0, 0.1) is 0 Å². The number of thioether (sulfide) groups is 1. The molecular weight excluding hydrogens is 298 g/mol. The third kappa shape index (κ3) is 4.09. The van der Waals surface area contributed by atoms with Crippen LogP contribution in [0.25, 0.3) is 0 Å². The van der Waals surface area contributed by atoms with Crippen molar-refractivity contribution in [3.8, 4) is 0 Å². The first-order valence-electron chi connectivity index (χ1n) is 6.84. The van der Waals surface area contributed by atoms with Crippen molar-refractivity contribution in [2.45, 2.75) is 37.6 Å². The second-order valence-corrected chi connectivity index (χ2v) is 7.13. The predicted molar refractivity (Wildman–Crippen MR) is 78.4 cm³/mol. The van der Waals surface area contributed by atoms with E-state index in [1.807, 2.05) is 11.8 Å². The topological polar surface area (TPSA) is 50.2 Å². The maximum atomic E-state index is 12.7. The smallest absolute Gasteiger partial charge is 0.319 e.